The van der Waals surface area contributed by atoms with Gasteiger partial charge in [0.1, 0.15) is 0 Å². The molecule has 2 rings (SSSR count). The number of carbonyl (C=O) groups excluding carboxylic acids is 1. The number of carboxylic acid groups (broad SMARTS) is 2. The van der Waals surface area contributed by atoms with Crippen LogP contribution in [0, 0.1) is 5.92 Å². The van der Waals surface area contributed by atoms with Crippen molar-refractivity contribution < 1.29 is 24.6 Å². The zero-order valence-electron chi connectivity index (χ0n) is 13.8. The highest BCUT2D eigenvalue weighted by Crippen LogP contribution is 2.15. The summed E-state index contributed by atoms with van der Waals surface area (Å²) in [6, 6.07) is 9.65. The maximum absolute atomic E-state index is 11.8. The van der Waals surface area contributed by atoms with Crippen molar-refractivity contribution in [1.82, 2.24) is 4.90 Å². The Balaban J connectivity index is 0.000000413. The second-order valence-corrected chi connectivity index (χ2v) is 5.82. The van der Waals surface area contributed by atoms with E-state index < -0.39 is 11.9 Å². The molecular formula is C17H24N2O5. The van der Waals surface area contributed by atoms with Crippen molar-refractivity contribution in [2.24, 2.45) is 5.92 Å². The van der Waals surface area contributed by atoms with E-state index in [0.717, 1.165) is 31.2 Å². The largest absolute Gasteiger partial charge is 0.473 e. The van der Waals surface area contributed by atoms with E-state index in [-0.39, 0.29) is 5.91 Å². The van der Waals surface area contributed by atoms with Crippen molar-refractivity contribution in [2.45, 2.75) is 26.2 Å². The summed E-state index contributed by atoms with van der Waals surface area (Å²) in [6.45, 7) is 5.45. The summed E-state index contributed by atoms with van der Waals surface area (Å²) in [6.07, 6.45) is 3.18. The number of carboxylic acids is 2. The summed E-state index contributed by atoms with van der Waals surface area (Å²) >= 11 is 0. The van der Waals surface area contributed by atoms with Crippen LogP contribution in [0.1, 0.15) is 26.2 Å². The Morgan fingerprint density at radius 3 is 2.33 bits per heavy atom. The second kappa shape index (κ2) is 10.4. The van der Waals surface area contributed by atoms with E-state index in [1.807, 2.05) is 30.3 Å². The lowest BCUT2D eigenvalue weighted by molar-refractivity contribution is -0.159. The number of likely N-dealkylation sites (tertiary alicyclic amines) is 1. The molecule has 1 saturated heterocycles. The number of para-hydroxylation sites is 1. The maximum atomic E-state index is 11.8. The van der Waals surface area contributed by atoms with Crippen LogP contribution in [-0.4, -0.2) is 52.6 Å². The van der Waals surface area contributed by atoms with Gasteiger partial charge in [0.2, 0.25) is 5.91 Å². The monoisotopic (exact) mass is 336 g/mol. The Bertz CT molecular complexity index is 535. The number of nitrogens with zero attached hydrogens (tertiary/aromatic N) is 1. The minimum atomic E-state index is -1.82. The van der Waals surface area contributed by atoms with Gasteiger partial charge in [-0.05, 0) is 37.4 Å². The Hall–Kier alpha value is -2.41. The number of hydrogen-bond acceptors (Lipinski definition) is 4. The first kappa shape index (κ1) is 19.6. The number of rotatable bonds is 4. The lowest BCUT2D eigenvalue weighted by atomic mass is 10.0. The molecule has 132 valence electrons. The molecule has 0 saturated carbocycles. The Kier molecular flexibility index (Phi) is 8.49. The molecule has 0 radical (unpaired) electrons. The molecular weight excluding hydrogens is 312 g/mol. The third-order valence-corrected chi connectivity index (χ3v) is 3.64. The van der Waals surface area contributed by atoms with Gasteiger partial charge in [0.15, 0.2) is 0 Å². The van der Waals surface area contributed by atoms with E-state index in [1.54, 1.807) is 0 Å². The van der Waals surface area contributed by atoms with Crippen molar-refractivity contribution in [3.63, 3.8) is 0 Å². The highest BCUT2D eigenvalue weighted by Gasteiger charge is 2.16. The maximum Gasteiger partial charge on any atom is 0.414 e. The van der Waals surface area contributed by atoms with E-state index in [9.17, 15) is 4.79 Å². The highest BCUT2D eigenvalue weighted by molar-refractivity contribution is 6.27. The van der Waals surface area contributed by atoms with Gasteiger partial charge in [0.25, 0.3) is 0 Å². The number of hydrogen-bond donors (Lipinski definition) is 3. The molecule has 1 aromatic rings. The fourth-order valence-corrected chi connectivity index (χ4v) is 2.49. The first-order chi connectivity index (χ1) is 11.4. The lowest BCUT2D eigenvalue weighted by Gasteiger charge is -2.30. The minimum absolute atomic E-state index is 0.111. The standard InChI is InChI=1S/C15H22N2O.C2H2O4/c1-13-6-5-10-17(12-13)11-9-15(18)16-14-7-3-2-4-8-14;3-1(4)2(5)6/h2-4,7-8,13H,5-6,9-12H2,1H3,(H,16,18);(H,3,4)(H,5,6). The molecule has 1 atom stereocenters. The van der Waals surface area contributed by atoms with E-state index in [2.05, 4.69) is 17.1 Å². The second-order valence-electron chi connectivity index (χ2n) is 5.82. The lowest BCUT2D eigenvalue weighted by Crippen LogP contribution is -2.36. The summed E-state index contributed by atoms with van der Waals surface area (Å²) in [7, 11) is 0. The minimum Gasteiger partial charge on any atom is -0.473 e. The van der Waals surface area contributed by atoms with Crippen molar-refractivity contribution in [3.05, 3.63) is 30.3 Å². The van der Waals surface area contributed by atoms with E-state index >= 15 is 0 Å². The molecule has 3 N–H and O–H groups in total. The average Bonchev–Trinajstić information content (AvgIpc) is 2.54. The number of nitrogens with one attached hydrogen (secondary N) is 1. The zero-order valence-corrected chi connectivity index (χ0v) is 13.8. The van der Waals surface area contributed by atoms with Crippen LogP contribution in [0.3, 0.4) is 0 Å². The van der Waals surface area contributed by atoms with Crippen molar-refractivity contribution >= 4 is 23.5 Å². The zero-order chi connectivity index (χ0) is 17.9. The number of amides is 1. The quantitative estimate of drug-likeness (QED) is 0.725. The molecule has 1 heterocycles. The first-order valence-electron chi connectivity index (χ1n) is 7.92. The van der Waals surface area contributed by atoms with Crippen LogP contribution in [0.15, 0.2) is 30.3 Å². The molecule has 7 heteroatoms. The van der Waals surface area contributed by atoms with Gasteiger partial charge in [-0.2, -0.15) is 0 Å². The Morgan fingerprint density at radius 1 is 1.17 bits per heavy atom. The van der Waals surface area contributed by atoms with E-state index in [1.165, 1.54) is 12.8 Å². The smallest absolute Gasteiger partial charge is 0.414 e. The van der Waals surface area contributed by atoms with Gasteiger partial charge in [0, 0.05) is 25.2 Å². The van der Waals surface area contributed by atoms with Crippen LogP contribution in [0.25, 0.3) is 0 Å². The van der Waals surface area contributed by atoms with Crippen LogP contribution in [0.4, 0.5) is 5.69 Å². The van der Waals surface area contributed by atoms with Gasteiger partial charge in [-0.1, -0.05) is 25.1 Å². The average molecular weight is 336 g/mol. The first-order valence-corrected chi connectivity index (χ1v) is 7.92. The van der Waals surface area contributed by atoms with Crippen LogP contribution >= 0.6 is 0 Å². The molecule has 1 amide bonds. The molecule has 1 fully saturated rings. The Morgan fingerprint density at radius 2 is 1.79 bits per heavy atom. The summed E-state index contributed by atoms with van der Waals surface area (Å²) < 4.78 is 0. The van der Waals surface area contributed by atoms with Crippen LogP contribution in [0.5, 0.6) is 0 Å². The number of anilines is 1. The van der Waals surface area contributed by atoms with Gasteiger partial charge >= 0.3 is 11.9 Å². The number of aliphatic carboxylic acids is 2. The SMILES string of the molecule is CC1CCCN(CCC(=O)Nc2ccccc2)C1.O=C(O)C(=O)O. The molecule has 0 aromatic heterocycles. The fourth-order valence-electron chi connectivity index (χ4n) is 2.49. The van der Waals surface area contributed by atoms with E-state index in [0.29, 0.717) is 6.42 Å². The third kappa shape index (κ3) is 8.28. The predicted octanol–water partition coefficient (Wildman–Crippen LogP) is 1.90. The molecule has 7 nitrogen and oxygen atoms in total. The molecule has 0 aliphatic carbocycles. The molecule has 0 bridgehead atoms. The topological polar surface area (TPSA) is 107 Å². The normalized spacial score (nSPS) is 17.3. The summed E-state index contributed by atoms with van der Waals surface area (Å²) in [5.74, 6) is -2.76. The molecule has 1 aliphatic heterocycles. The van der Waals surface area contributed by atoms with Gasteiger partial charge in [-0.15, -0.1) is 0 Å². The molecule has 1 aromatic carbocycles. The molecule has 1 aliphatic rings. The van der Waals surface area contributed by atoms with Gasteiger partial charge in [0.05, 0.1) is 0 Å². The molecule has 1 unspecified atom stereocenters. The van der Waals surface area contributed by atoms with Crippen LogP contribution < -0.4 is 5.32 Å². The van der Waals surface area contributed by atoms with E-state index in [4.69, 9.17) is 19.8 Å². The molecule has 24 heavy (non-hydrogen) atoms. The Labute approximate surface area is 141 Å². The van der Waals surface area contributed by atoms with Gasteiger partial charge in [-0.25, -0.2) is 9.59 Å². The molecule has 0 spiro atoms. The van der Waals surface area contributed by atoms with Gasteiger partial charge in [-0.3, -0.25) is 4.79 Å². The van der Waals surface area contributed by atoms with Crippen LogP contribution in [-0.2, 0) is 14.4 Å². The fraction of sp³-hybridized carbons (Fsp3) is 0.471. The summed E-state index contributed by atoms with van der Waals surface area (Å²) in [5.41, 5.74) is 0.884. The summed E-state index contributed by atoms with van der Waals surface area (Å²) in [4.78, 5) is 32.4. The van der Waals surface area contributed by atoms with Crippen molar-refractivity contribution in [3.8, 4) is 0 Å². The van der Waals surface area contributed by atoms with Crippen molar-refractivity contribution in [1.29, 1.82) is 0 Å². The van der Waals surface area contributed by atoms with Crippen LogP contribution in [0.2, 0.25) is 0 Å². The van der Waals surface area contributed by atoms with Crippen molar-refractivity contribution in [2.75, 3.05) is 25.0 Å². The van der Waals surface area contributed by atoms with Gasteiger partial charge < -0.3 is 20.4 Å². The number of piperidine rings is 1. The third-order valence-electron chi connectivity index (χ3n) is 3.64. The highest BCUT2D eigenvalue weighted by atomic mass is 16.4. The summed E-state index contributed by atoms with van der Waals surface area (Å²) in [5, 5.41) is 17.7. The predicted molar refractivity (Wildman–Crippen MR) is 89.8 cm³/mol. The number of carbonyl (C=O) groups is 3. The number of benzene rings is 1.